The van der Waals surface area contributed by atoms with Crippen molar-refractivity contribution in [1.29, 1.82) is 0 Å². The Kier molecular flexibility index (Phi) is 3.29. The van der Waals surface area contributed by atoms with Gasteiger partial charge < -0.3 is 14.9 Å². The van der Waals surface area contributed by atoms with Gasteiger partial charge in [-0.3, -0.25) is 9.79 Å². The first-order valence-corrected chi connectivity index (χ1v) is 10.3. The van der Waals surface area contributed by atoms with Crippen molar-refractivity contribution in [3.8, 4) is 0 Å². The third-order valence-corrected chi connectivity index (χ3v) is 8.50. The van der Waals surface area contributed by atoms with E-state index in [9.17, 15) is 14.7 Å². The van der Waals surface area contributed by atoms with Crippen LogP contribution in [0.15, 0.2) is 4.99 Å². The van der Waals surface area contributed by atoms with Crippen LogP contribution in [0.3, 0.4) is 0 Å². The van der Waals surface area contributed by atoms with Crippen molar-refractivity contribution in [2.24, 2.45) is 16.8 Å². The average molecular weight is 363 g/mol. The molecule has 7 heteroatoms. The Labute approximate surface area is 152 Å². The Balaban J connectivity index is 1.32. The molecule has 0 unspecified atom stereocenters. The van der Waals surface area contributed by atoms with E-state index in [1.807, 2.05) is 20.2 Å². The molecule has 6 nitrogen and oxygen atoms in total. The third-order valence-electron chi connectivity index (χ3n) is 6.94. The normalized spacial score (nSPS) is 46.6. The van der Waals surface area contributed by atoms with Gasteiger partial charge in [-0.2, -0.15) is 0 Å². The summed E-state index contributed by atoms with van der Waals surface area (Å²) >= 11 is 1.57. The summed E-state index contributed by atoms with van der Waals surface area (Å²) in [7, 11) is 0. The van der Waals surface area contributed by atoms with Gasteiger partial charge >= 0.3 is 5.97 Å². The number of carbonyl (C=O) groups is 2. The Morgan fingerprint density at radius 1 is 1.20 bits per heavy atom. The number of carbonyl (C=O) groups excluding carboxylic acids is 1. The van der Waals surface area contributed by atoms with Crippen LogP contribution >= 0.6 is 11.8 Å². The fraction of sp³-hybridized carbons (Fsp3) is 0.833. The van der Waals surface area contributed by atoms with Gasteiger partial charge in [-0.25, -0.2) is 4.79 Å². The number of nitrogens with zero attached hydrogens (tertiary/aromatic N) is 3. The highest BCUT2D eigenvalue weighted by Gasteiger charge is 2.64. The van der Waals surface area contributed by atoms with E-state index in [0.29, 0.717) is 12.1 Å². The van der Waals surface area contributed by atoms with Gasteiger partial charge in [0.25, 0.3) is 5.91 Å². The largest absolute Gasteiger partial charge is 0.480 e. The molecular formula is C18H25N3O3S. The summed E-state index contributed by atoms with van der Waals surface area (Å²) in [5, 5.41) is 9.37. The third kappa shape index (κ3) is 2.20. The van der Waals surface area contributed by atoms with Gasteiger partial charge in [0.05, 0.1) is 6.34 Å². The molecule has 6 fully saturated rings. The molecule has 136 valence electrons. The molecule has 1 N–H and O–H groups in total. The van der Waals surface area contributed by atoms with Crippen LogP contribution in [0.4, 0.5) is 0 Å². The highest BCUT2D eigenvalue weighted by molar-refractivity contribution is 8.01. The standard InChI is InChI=1S/C18H25N3O3S/c1-18(2)14(17(23)24)21-15(22)13(16(21)25-18)19-8-20-11-4-9-3-10(6-11)7-12(20)5-9/h8-14,16H,3-7H2,1-2H3,(H,23,24)/t9?,10?,11?,12?,13-,14+,16-/m1/s1. The lowest BCUT2D eigenvalue weighted by molar-refractivity contribution is -0.158. The monoisotopic (exact) mass is 363 g/mol. The second kappa shape index (κ2) is 5.15. The molecule has 4 bridgehead atoms. The summed E-state index contributed by atoms with van der Waals surface area (Å²) in [6.45, 7) is 3.81. The number of thioether (sulfide) groups is 1. The zero-order valence-corrected chi connectivity index (χ0v) is 15.5. The van der Waals surface area contributed by atoms with Crippen LogP contribution in [0.1, 0.15) is 46.0 Å². The van der Waals surface area contributed by atoms with Crippen molar-refractivity contribution in [3.63, 3.8) is 0 Å². The fourth-order valence-corrected chi connectivity index (χ4v) is 7.65. The van der Waals surface area contributed by atoms with Crippen LogP contribution < -0.4 is 0 Å². The number of carboxylic acid groups (broad SMARTS) is 1. The van der Waals surface area contributed by atoms with Crippen molar-refractivity contribution < 1.29 is 14.7 Å². The summed E-state index contributed by atoms with van der Waals surface area (Å²) in [5.74, 6) is 0.753. The first-order chi connectivity index (χ1) is 11.8. The quantitative estimate of drug-likeness (QED) is 0.470. The van der Waals surface area contributed by atoms with Crippen LogP contribution in [0.25, 0.3) is 0 Å². The lowest BCUT2D eigenvalue weighted by Gasteiger charge is -2.56. The molecule has 4 heterocycles. The topological polar surface area (TPSA) is 73.2 Å². The van der Waals surface area contributed by atoms with Crippen LogP contribution in [0, 0.1) is 11.8 Å². The predicted molar refractivity (Wildman–Crippen MR) is 95.5 cm³/mol. The molecule has 0 aromatic rings. The first-order valence-electron chi connectivity index (χ1n) is 9.38. The number of β-lactam (4-membered cyclic amide) rings is 1. The number of rotatable bonds is 3. The van der Waals surface area contributed by atoms with Gasteiger partial charge in [0.1, 0.15) is 11.4 Å². The maximum Gasteiger partial charge on any atom is 0.327 e. The zero-order valence-electron chi connectivity index (χ0n) is 14.7. The van der Waals surface area contributed by atoms with Gasteiger partial charge in [-0.15, -0.1) is 11.8 Å². The summed E-state index contributed by atoms with van der Waals surface area (Å²) in [6.07, 6.45) is 8.45. The van der Waals surface area contributed by atoms with Crippen LogP contribution in [0.2, 0.25) is 0 Å². The highest BCUT2D eigenvalue weighted by Crippen LogP contribution is 2.52. The van der Waals surface area contributed by atoms with Crippen molar-refractivity contribution in [3.05, 3.63) is 0 Å². The van der Waals surface area contributed by atoms with Gasteiger partial charge in [0.15, 0.2) is 6.04 Å². The molecule has 6 rings (SSSR count). The molecular weight excluding hydrogens is 338 g/mol. The molecule has 1 amide bonds. The molecule has 0 radical (unpaired) electrons. The molecule has 2 saturated carbocycles. The lowest BCUT2D eigenvalue weighted by Crippen LogP contribution is -2.65. The fourth-order valence-electron chi connectivity index (χ4n) is 6.03. The molecule has 4 aliphatic heterocycles. The predicted octanol–water partition coefficient (Wildman–Crippen LogP) is 1.79. The smallest absolute Gasteiger partial charge is 0.327 e. The van der Waals surface area contributed by atoms with Gasteiger partial charge in [0.2, 0.25) is 0 Å². The number of aliphatic imine (C=N–C) groups is 1. The van der Waals surface area contributed by atoms with Crippen LogP contribution in [0.5, 0.6) is 0 Å². The molecule has 0 aromatic heterocycles. The van der Waals surface area contributed by atoms with Crippen molar-refractivity contribution in [1.82, 2.24) is 9.80 Å². The lowest BCUT2D eigenvalue weighted by atomic mass is 9.64. The van der Waals surface area contributed by atoms with E-state index in [1.165, 1.54) is 37.0 Å². The number of piperidine rings is 2. The molecule has 6 aliphatic rings. The Morgan fingerprint density at radius 2 is 1.80 bits per heavy atom. The molecule has 4 saturated heterocycles. The second-order valence-corrected chi connectivity index (χ2v) is 10.7. The highest BCUT2D eigenvalue weighted by atomic mass is 32.2. The molecule has 3 atom stereocenters. The summed E-state index contributed by atoms with van der Waals surface area (Å²) in [4.78, 5) is 32.7. The van der Waals surface area contributed by atoms with Crippen molar-refractivity contribution in [2.75, 3.05) is 0 Å². The maximum absolute atomic E-state index is 12.5. The van der Waals surface area contributed by atoms with Gasteiger partial charge in [0, 0.05) is 16.8 Å². The van der Waals surface area contributed by atoms with Crippen LogP contribution in [-0.2, 0) is 9.59 Å². The SMILES string of the molecule is CC1(C)S[C@@H]2[C@H](N=CN3C4CC5CC(C4)CC3C5)C(=O)N2[C@H]1C(=O)O. The number of amides is 1. The number of carboxylic acids is 1. The number of hydrogen-bond donors (Lipinski definition) is 1. The Hall–Kier alpha value is -1.24. The van der Waals surface area contributed by atoms with Gasteiger partial charge in [-0.1, -0.05) is 0 Å². The van der Waals surface area contributed by atoms with Crippen molar-refractivity contribution >= 4 is 30.0 Å². The summed E-state index contributed by atoms with van der Waals surface area (Å²) < 4.78 is -0.473. The van der Waals surface area contributed by atoms with Gasteiger partial charge in [-0.05, 0) is 57.8 Å². The number of aliphatic carboxylic acids is 1. The molecule has 2 aliphatic carbocycles. The second-order valence-electron chi connectivity index (χ2n) is 8.97. The average Bonchev–Trinajstić information content (AvgIpc) is 2.77. The zero-order chi connectivity index (χ0) is 17.5. The minimum absolute atomic E-state index is 0.127. The number of fused-ring (bicyclic) bond motifs is 1. The molecule has 25 heavy (non-hydrogen) atoms. The minimum atomic E-state index is -0.916. The first kappa shape index (κ1) is 16.0. The van der Waals surface area contributed by atoms with E-state index in [0.717, 1.165) is 11.8 Å². The van der Waals surface area contributed by atoms with E-state index < -0.39 is 22.8 Å². The maximum atomic E-state index is 12.5. The minimum Gasteiger partial charge on any atom is -0.480 e. The number of hydrogen-bond acceptors (Lipinski definition) is 4. The van der Waals surface area contributed by atoms with Crippen molar-refractivity contribution in [2.45, 2.75) is 80.2 Å². The van der Waals surface area contributed by atoms with E-state index in [-0.39, 0.29) is 11.3 Å². The van der Waals surface area contributed by atoms with E-state index in [2.05, 4.69) is 9.89 Å². The molecule has 0 spiro atoms. The summed E-state index contributed by atoms with van der Waals surface area (Å²) in [6, 6.07) is 0.0465. The van der Waals surface area contributed by atoms with E-state index in [4.69, 9.17) is 0 Å². The molecule has 0 aromatic carbocycles. The van der Waals surface area contributed by atoms with E-state index in [1.54, 1.807) is 11.8 Å². The Bertz CT molecular complexity index is 636. The van der Waals surface area contributed by atoms with E-state index >= 15 is 0 Å². The Morgan fingerprint density at radius 3 is 2.36 bits per heavy atom. The summed E-state index contributed by atoms with van der Waals surface area (Å²) in [5.41, 5.74) is 0. The van der Waals surface area contributed by atoms with Crippen LogP contribution in [-0.4, -0.2) is 67.4 Å².